The summed E-state index contributed by atoms with van der Waals surface area (Å²) >= 11 is 1.65. The van der Waals surface area contributed by atoms with Crippen LogP contribution < -0.4 is 4.74 Å². The van der Waals surface area contributed by atoms with Gasteiger partial charge in [-0.05, 0) is 51.0 Å². The number of nitrogens with zero attached hydrogens (tertiary/aromatic N) is 2. The minimum absolute atomic E-state index is 0.0368. The molecule has 3 heterocycles. The summed E-state index contributed by atoms with van der Waals surface area (Å²) < 4.78 is 11.8. The summed E-state index contributed by atoms with van der Waals surface area (Å²) in [5.41, 5.74) is 1.36. The second-order valence-electron chi connectivity index (χ2n) is 6.72. The van der Waals surface area contributed by atoms with Crippen LogP contribution in [0.1, 0.15) is 39.5 Å². The second-order valence-corrected chi connectivity index (χ2v) is 8.00. The van der Waals surface area contributed by atoms with Crippen LogP contribution in [0.4, 0.5) is 0 Å². The van der Waals surface area contributed by atoms with Gasteiger partial charge in [0.1, 0.15) is 23.8 Å². The van der Waals surface area contributed by atoms with Gasteiger partial charge in [0, 0.05) is 18.0 Å². The predicted octanol–water partition coefficient (Wildman–Crippen LogP) is 4.83. The Balaban J connectivity index is 1.51. The van der Waals surface area contributed by atoms with Crippen molar-refractivity contribution in [1.29, 1.82) is 0 Å². The molecule has 140 valence electrons. The lowest BCUT2D eigenvalue weighted by Gasteiger charge is -2.17. The van der Waals surface area contributed by atoms with Crippen LogP contribution in [0, 0.1) is 13.8 Å². The van der Waals surface area contributed by atoms with E-state index in [1.165, 1.54) is 4.88 Å². The smallest absolute Gasteiger partial charge is 0.257 e. The van der Waals surface area contributed by atoms with E-state index in [9.17, 15) is 4.79 Å². The number of aryl methyl sites for hydroxylation is 2. The molecule has 0 aliphatic carbocycles. The van der Waals surface area contributed by atoms with Crippen LogP contribution in [0.15, 0.2) is 40.8 Å². The van der Waals surface area contributed by atoms with Crippen molar-refractivity contribution >= 4 is 17.2 Å². The molecule has 1 saturated heterocycles. The SMILES string of the molecule is Cc1ccc(-c2nc(COc3ccccc3C(=O)N3CCCC3)c(C)o2)s1. The molecule has 6 heteroatoms. The van der Waals surface area contributed by atoms with Crippen molar-refractivity contribution in [3.63, 3.8) is 0 Å². The number of rotatable bonds is 5. The van der Waals surface area contributed by atoms with Gasteiger partial charge in [-0.15, -0.1) is 11.3 Å². The summed E-state index contributed by atoms with van der Waals surface area (Å²) in [6, 6.07) is 11.5. The summed E-state index contributed by atoms with van der Waals surface area (Å²) in [6.45, 7) is 5.85. The Labute approximate surface area is 162 Å². The molecule has 5 nitrogen and oxygen atoms in total. The van der Waals surface area contributed by atoms with Gasteiger partial charge < -0.3 is 14.1 Å². The molecule has 27 heavy (non-hydrogen) atoms. The zero-order valence-electron chi connectivity index (χ0n) is 15.5. The van der Waals surface area contributed by atoms with Gasteiger partial charge >= 0.3 is 0 Å². The minimum atomic E-state index is 0.0368. The first-order chi connectivity index (χ1) is 13.1. The molecule has 4 rings (SSSR count). The highest BCUT2D eigenvalue weighted by Gasteiger charge is 2.22. The average molecular weight is 382 g/mol. The number of likely N-dealkylation sites (tertiary alicyclic amines) is 1. The van der Waals surface area contributed by atoms with Gasteiger partial charge in [0.05, 0.1) is 10.4 Å². The molecular formula is C21H22N2O3S. The predicted molar refractivity (Wildman–Crippen MR) is 105 cm³/mol. The monoisotopic (exact) mass is 382 g/mol. The molecule has 2 aromatic heterocycles. The number of hydrogen-bond donors (Lipinski definition) is 0. The summed E-state index contributed by atoms with van der Waals surface area (Å²) in [7, 11) is 0. The van der Waals surface area contributed by atoms with Crippen molar-refractivity contribution in [3.05, 3.63) is 58.3 Å². The van der Waals surface area contributed by atoms with Gasteiger partial charge in [-0.25, -0.2) is 4.98 Å². The number of thiophene rings is 1. The van der Waals surface area contributed by atoms with Gasteiger partial charge in [-0.3, -0.25) is 4.79 Å². The molecule has 1 amide bonds. The lowest BCUT2D eigenvalue weighted by Crippen LogP contribution is -2.28. The maximum absolute atomic E-state index is 12.8. The summed E-state index contributed by atoms with van der Waals surface area (Å²) in [5.74, 6) is 1.98. The third-order valence-corrected chi connectivity index (χ3v) is 5.71. The Morgan fingerprint density at radius 2 is 1.96 bits per heavy atom. The second kappa shape index (κ2) is 7.56. The fourth-order valence-electron chi connectivity index (χ4n) is 3.22. The summed E-state index contributed by atoms with van der Waals surface area (Å²) in [5, 5.41) is 0. The number of carbonyl (C=O) groups is 1. The van der Waals surface area contributed by atoms with Crippen molar-refractivity contribution in [3.8, 4) is 16.5 Å². The first-order valence-electron chi connectivity index (χ1n) is 9.16. The van der Waals surface area contributed by atoms with Crippen LogP contribution >= 0.6 is 11.3 Å². The number of benzene rings is 1. The number of aromatic nitrogens is 1. The molecule has 1 aliphatic heterocycles. The molecule has 0 bridgehead atoms. The van der Waals surface area contributed by atoms with E-state index in [-0.39, 0.29) is 12.5 Å². The fourth-order valence-corrected chi connectivity index (χ4v) is 4.02. The van der Waals surface area contributed by atoms with Crippen LogP contribution in [0.25, 0.3) is 10.8 Å². The van der Waals surface area contributed by atoms with Crippen molar-refractivity contribution in [1.82, 2.24) is 9.88 Å². The van der Waals surface area contributed by atoms with Gasteiger partial charge in [0.15, 0.2) is 0 Å². The summed E-state index contributed by atoms with van der Waals surface area (Å²) in [4.78, 5) is 21.4. The van der Waals surface area contributed by atoms with E-state index in [0.29, 0.717) is 17.2 Å². The van der Waals surface area contributed by atoms with Crippen LogP contribution in [0.3, 0.4) is 0 Å². The lowest BCUT2D eigenvalue weighted by atomic mass is 10.1. The molecule has 1 fully saturated rings. The topological polar surface area (TPSA) is 55.6 Å². The van der Waals surface area contributed by atoms with Crippen LogP contribution in [-0.4, -0.2) is 28.9 Å². The standard InChI is InChI=1S/C21H22N2O3S/c1-14-9-10-19(27-14)20-22-17(15(2)26-20)13-25-18-8-4-3-7-16(18)21(24)23-11-5-6-12-23/h3-4,7-10H,5-6,11-13H2,1-2H3. The minimum Gasteiger partial charge on any atom is -0.486 e. The van der Waals surface area contributed by atoms with Crippen molar-refractivity contribution in [2.45, 2.75) is 33.3 Å². The summed E-state index contributed by atoms with van der Waals surface area (Å²) in [6.07, 6.45) is 2.13. The molecule has 0 atom stereocenters. The van der Waals surface area contributed by atoms with Gasteiger partial charge in [-0.2, -0.15) is 0 Å². The zero-order valence-corrected chi connectivity index (χ0v) is 16.3. The number of para-hydroxylation sites is 1. The first kappa shape index (κ1) is 17.8. The number of carbonyl (C=O) groups excluding carboxylic acids is 1. The van der Waals surface area contributed by atoms with Crippen molar-refractivity contribution in [2.24, 2.45) is 0 Å². The average Bonchev–Trinajstić information content (AvgIpc) is 3.41. The van der Waals surface area contributed by atoms with E-state index in [1.54, 1.807) is 11.3 Å². The number of amides is 1. The number of oxazole rings is 1. The highest BCUT2D eigenvalue weighted by Crippen LogP contribution is 2.29. The largest absolute Gasteiger partial charge is 0.486 e. The molecule has 1 aromatic carbocycles. The number of ether oxygens (including phenoxy) is 1. The molecular weight excluding hydrogens is 360 g/mol. The van der Waals surface area contributed by atoms with Gasteiger partial charge in [0.25, 0.3) is 5.91 Å². The van der Waals surface area contributed by atoms with E-state index in [2.05, 4.69) is 18.0 Å². The van der Waals surface area contributed by atoms with E-state index in [0.717, 1.165) is 42.3 Å². The molecule has 1 aliphatic rings. The number of hydrogen-bond acceptors (Lipinski definition) is 5. The molecule has 0 radical (unpaired) electrons. The molecule has 0 unspecified atom stereocenters. The Kier molecular flexibility index (Phi) is 4.99. The van der Waals surface area contributed by atoms with E-state index < -0.39 is 0 Å². The Hall–Kier alpha value is -2.60. The van der Waals surface area contributed by atoms with Crippen LogP contribution in [-0.2, 0) is 6.61 Å². The fraction of sp³-hybridized carbons (Fsp3) is 0.333. The van der Waals surface area contributed by atoms with Crippen molar-refractivity contribution < 1.29 is 13.9 Å². The van der Waals surface area contributed by atoms with Gasteiger partial charge in [-0.1, -0.05) is 12.1 Å². The molecule has 0 saturated carbocycles. The normalized spacial score (nSPS) is 13.9. The van der Waals surface area contributed by atoms with Crippen LogP contribution in [0.5, 0.6) is 5.75 Å². The molecule has 0 N–H and O–H groups in total. The van der Waals surface area contributed by atoms with E-state index >= 15 is 0 Å². The lowest BCUT2D eigenvalue weighted by molar-refractivity contribution is 0.0788. The van der Waals surface area contributed by atoms with Crippen LogP contribution in [0.2, 0.25) is 0 Å². The van der Waals surface area contributed by atoms with E-state index in [4.69, 9.17) is 9.15 Å². The van der Waals surface area contributed by atoms with Gasteiger partial charge in [0.2, 0.25) is 5.89 Å². The zero-order chi connectivity index (χ0) is 18.8. The Bertz CT molecular complexity index is 954. The highest BCUT2D eigenvalue weighted by molar-refractivity contribution is 7.15. The Morgan fingerprint density at radius 1 is 1.19 bits per heavy atom. The maximum Gasteiger partial charge on any atom is 0.257 e. The third-order valence-electron chi connectivity index (χ3n) is 4.72. The molecule has 3 aromatic rings. The maximum atomic E-state index is 12.8. The Morgan fingerprint density at radius 3 is 2.70 bits per heavy atom. The first-order valence-corrected chi connectivity index (χ1v) is 9.97. The quantitative estimate of drug-likeness (QED) is 0.634. The highest BCUT2D eigenvalue weighted by atomic mass is 32.1. The van der Waals surface area contributed by atoms with Crippen molar-refractivity contribution in [2.75, 3.05) is 13.1 Å². The van der Waals surface area contributed by atoms with E-state index in [1.807, 2.05) is 42.2 Å². The molecule has 0 spiro atoms. The third kappa shape index (κ3) is 3.76.